The van der Waals surface area contributed by atoms with E-state index in [1.807, 2.05) is 24.3 Å². The second kappa shape index (κ2) is 8.95. The van der Waals surface area contributed by atoms with Crippen molar-refractivity contribution >= 4 is 35.8 Å². The lowest BCUT2D eigenvalue weighted by molar-refractivity contribution is 0.281. The number of hydrogen-bond acceptors (Lipinski definition) is 3. The summed E-state index contributed by atoms with van der Waals surface area (Å²) in [5.74, 6) is 0.834. The molecule has 0 aliphatic carbocycles. The Morgan fingerprint density at radius 1 is 1.04 bits per heavy atom. The summed E-state index contributed by atoms with van der Waals surface area (Å²) >= 11 is 8.25. The van der Waals surface area contributed by atoms with E-state index in [0.29, 0.717) is 0 Å². The fraction of sp³-hybridized carbons (Fsp3) is 0.333. The lowest BCUT2D eigenvalue weighted by Crippen LogP contribution is -2.16. The zero-order valence-electron chi connectivity index (χ0n) is 12.8. The largest absolute Gasteiger partial charge is 0.392 e. The van der Waals surface area contributed by atoms with E-state index in [4.69, 9.17) is 11.6 Å². The molecule has 0 bridgehead atoms. The molecule has 2 nitrogen and oxygen atoms in total. The molecule has 2 aromatic rings. The number of fused-ring (bicyclic) bond motifs is 1. The molecule has 0 saturated heterocycles. The molecule has 1 aliphatic heterocycles. The number of aliphatic hydroxyl groups is 1. The molecule has 0 aromatic heterocycles. The van der Waals surface area contributed by atoms with Crippen molar-refractivity contribution in [2.24, 2.45) is 0 Å². The molecule has 124 valence electrons. The number of benzene rings is 2. The smallest absolute Gasteiger partial charge is 0.0684 e. The summed E-state index contributed by atoms with van der Waals surface area (Å²) < 4.78 is 0. The van der Waals surface area contributed by atoms with Crippen LogP contribution in [0.4, 0.5) is 0 Å². The van der Waals surface area contributed by atoms with Gasteiger partial charge in [-0.15, -0.1) is 24.2 Å². The van der Waals surface area contributed by atoms with Gasteiger partial charge in [0.1, 0.15) is 0 Å². The SMILES string of the molecule is Cl.OCc1ccccc1CSc1c(Cl)ccc2c1CCNCC2. The van der Waals surface area contributed by atoms with Crippen molar-refractivity contribution < 1.29 is 5.11 Å². The lowest BCUT2D eigenvalue weighted by Gasteiger charge is -2.14. The summed E-state index contributed by atoms with van der Waals surface area (Å²) in [6, 6.07) is 12.2. The van der Waals surface area contributed by atoms with Crippen molar-refractivity contribution in [3.63, 3.8) is 0 Å². The van der Waals surface area contributed by atoms with Crippen LogP contribution in [0.1, 0.15) is 22.3 Å². The van der Waals surface area contributed by atoms with Gasteiger partial charge >= 0.3 is 0 Å². The van der Waals surface area contributed by atoms with Gasteiger partial charge in [-0.25, -0.2) is 0 Å². The zero-order chi connectivity index (χ0) is 15.4. The summed E-state index contributed by atoms with van der Waals surface area (Å²) in [6.07, 6.45) is 2.09. The molecule has 0 fully saturated rings. The molecule has 0 atom stereocenters. The predicted octanol–water partition coefficient (Wildman–Crippen LogP) is 4.23. The van der Waals surface area contributed by atoms with Crippen LogP contribution in [0, 0.1) is 0 Å². The Labute approximate surface area is 153 Å². The van der Waals surface area contributed by atoms with Crippen molar-refractivity contribution in [2.45, 2.75) is 30.1 Å². The van der Waals surface area contributed by atoms with Gasteiger partial charge in [0.25, 0.3) is 0 Å². The van der Waals surface area contributed by atoms with Crippen LogP contribution in [0.5, 0.6) is 0 Å². The normalized spacial score (nSPS) is 13.8. The predicted molar refractivity (Wildman–Crippen MR) is 101 cm³/mol. The minimum Gasteiger partial charge on any atom is -0.392 e. The van der Waals surface area contributed by atoms with Crippen LogP contribution in [0.2, 0.25) is 5.02 Å². The third kappa shape index (κ3) is 4.43. The first-order chi connectivity index (χ1) is 10.8. The maximum atomic E-state index is 9.46. The van der Waals surface area contributed by atoms with Gasteiger partial charge in [0.15, 0.2) is 0 Å². The molecule has 2 N–H and O–H groups in total. The average Bonchev–Trinajstić information content (AvgIpc) is 2.79. The van der Waals surface area contributed by atoms with Gasteiger partial charge in [-0.3, -0.25) is 0 Å². The monoisotopic (exact) mass is 369 g/mol. The van der Waals surface area contributed by atoms with Gasteiger partial charge in [-0.2, -0.15) is 0 Å². The Hall–Kier alpha value is -0.710. The summed E-state index contributed by atoms with van der Waals surface area (Å²) in [4.78, 5) is 1.20. The molecule has 1 heterocycles. The molecule has 0 saturated carbocycles. The molecule has 0 radical (unpaired) electrons. The summed E-state index contributed by atoms with van der Waals surface area (Å²) in [7, 11) is 0. The van der Waals surface area contributed by atoms with Gasteiger partial charge < -0.3 is 10.4 Å². The zero-order valence-corrected chi connectivity index (χ0v) is 15.2. The second-order valence-electron chi connectivity index (χ2n) is 5.48. The van der Waals surface area contributed by atoms with Crippen molar-refractivity contribution in [1.29, 1.82) is 0 Å². The Balaban J connectivity index is 0.00000192. The van der Waals surface area contributed by atoms with Crippen LogP contribution < -0.4 is 5.32 Å². The first-order valence-corrected chi connectivity index (χ1v) is 8.97. The van der Waals surface area contributed by atoms with Crippen LogP contribution in [0.15, 0.2) is 41.3 Å². The topological polar surface area (TPSA) is 32.3 Å². The quantitative estimate of drug-likeness (QED) is 0.790. The highest BCUT2D eigenvalue weighted by atomic mass is 35.5. The highest BCUT2D eigenvalue weighted by Gasteiger charge is 2.15. The fourth-order valence-electron chi connectivity index (χ4n) is 2.87. The Bertz CT molecular complexity index is 663. The minimum atomic E-state index is 0. The first kappa shape index (κ1) is 18.6. The summed E-state index contributed by atoms with van der Waals surface area (Å²) in [5.41, 5.74) is 4.97. The standard InChI is InChI=1S/C18H20ClNOS.ClH/c19-17-6-5-13-7-9-20-10-8-16(13)18(17)22-12-15-4-2-1-3-14(15)11-21;/h1-6,20-21H,7-12H2;1H. The number of thioether (sulfide) groups is 1. The Morgan fingerprint density at radius 3 is 2.57 bits per heavy atom. The highest BCUT2D eigenvalue weighted by Crippen LogP contribution is 2.36. The fourth-order valence-corrected chi connectivity index (χ4v) is 4.40. The van der Waals surface area contributed by atoms with E-state index < -0.39 is 0 Å². The maximum absolute atomic E-state index is 9.46. The Kier molecular flexibility index (Phi) is 7.25. The van der Waals surface area contributed by atoms with E-state index in [1.165, 1.54) is 21.6 Å². The number of halogens is 2. The van der Waals surface area contributed by atoms with Crippen LogP contribution in [-0.4, -0.2) is 18.2 Å². The van der Waals surface area contributed by atoms with Crippen LogP contribution in [0.3, 0.4) is 0 Å². The summed E-state index contributed by atoms with van der Waals surface area (Å²) in [5, 5.41) is 13.7. The molecule has 1 aliphatic rings. The van der Waals surface area contributed by atoms with E-state index in [2.05, 4.69) is 17.4 Å². The summed E-state index contributed by atoms with van der Waals surface area (Å²) in [6.45, 7) is 2.13. The van der Waals surface area contributed by atoms with Gasteiger partial charge in [-0.1, -0.05) is 41.9 Å². The van der Waals surface area contributed by atoms with Gasteiger partial charge in [0.05, 0.1) is 11.6 Å². The van der Waals surface area contributed by atoms with E-state index in [-0.39, 0.29) is 19.0 Å². The molecule has 5 heteroatoms. The molecule has 0 unspecified atom stereocenters. The van der Waals surface area contributed by atoms with E-state index in [0.717, 1.165) is 42.3 Å². The molecule has 0 amide bonds. The Morgan fingerprint density at radius 2 is 1.78 bits per heavy atom. The first-order valence-electron chi connectivity index (χ1n) is 7.61. The van der Waals surface area contributed by atoms with Crippen LogP contribution in [0.25, 0.3) is 0 Å². The van der Waals surface area contributed by atoms with Crippen LogP contribution >= 0.6 is 35.8 Å². The third-order valence-electron chi connectivity index (χ3n) is 4.09. The van der Waals surface area contributed by atoms with Gasteiger partial charge in [0.2, 0.25) is 0 Å². The molecule has 2 aromatic carbocycles. The molecule has 23 heavy (non-hydrogen) atoms. The van der Waals surface area contributed by atoms with Crippen molar-refractivity contribution in [3.05, 3.63) is 63.7 Å². The van der Waals surface area contributed by atoms with E-state index in [1.54, 1.807) is 11.8 Å². The third-order valence-corrected chi connectivity index (χ3v) is 5.73. The van der Waals surface area contributed by atoms with Crippen molar-refractivity contribution in [2.75, 3.05) is 13.1 Å². The lowest BCUT2D eigenvalue weighted by atomic mass is 10.0. The number of aliphatic hydroxyl groups excluding tert-OH is 1. The van der Waals surface area contributed by atoms with E-state index in [9.17, 15) is 5.11 Å². The highest BCUT2D eigenvalue weighted by molar-refractivity contribution is 7.98. The molecular formula is C18H21Cl2NOS. The van der Waals surface area contributed by atoms with Crippen LogP contribution in [-0.2, 0) is 25.2 Å². The molecule has 3 rings (SSSR count). The van der Waals surface area contributed by atoms with E-state index >= 15 is 0 Å². The number of hydrogen-bond donors (Lipinski definition) is 2. The molecular weight excluding hydrogens is 349 g/mol. The maximum Gasteiger partial charge on any atom is 0.0684 e. The second-order valence-corrected chi connectivity index (χ2v) is 6.87. The van der Waals surface area contributed by atoms with Gasteiger partial charge in [0, 0.05) is 10.6 Å². The van der Waals surface area contributed by atoms with Crippen molar-refractivity contribution in [3.8, 4) is 0 Å². The number of nitrogens with one attached hydrogen (secondary N) is 1. The van der Waals surface area contributed by atoms with Gasteiger partial charge in [-0.05, 0) is 54.3 Å². The number of rotatable bonds is 4. The minimum absolute atomic E-state index is 0. The average molecular weight is 370 g/mol. The molecule has 0 spiro atoms. The van der Waals surface area contributed by atoms with Crippen molar-refractivity contribution in [1.82, 2.24) is 5.32 Å².